The molecule has 3 aromatic heterocycles. The standard InChI is InChI=1S/C21H13N3O3S/c25-20(13-9-10-28-11-13)24-14-5-7-15(8-6-14)26-21-19-18(22-12-23-21)16-3-1-2-4-17(16)27-19/h1-12H,(H,24,25). The van der Waals surface area contributed by atoms with Crippen molar-refractivity contribution >= 4 is 45.0 Å². The van der Waals surface area contributed by atoms with Gasteiger partial charge < -0.3 is 14.5 Å². The normalized spacial score (nSPS) is 11.0. The summed E-state index contributed by atoms with van der Waals surface area (Å²) in [6, 6.07) is 16.5. The molecule has 0 aliphatic rings. The number of aromatic nitrogens is 2. The van der Waals surface area contributed by atoms with Crippen molar-refractivity contribution in [3.63, 3.8) is 0 Å². The molecule has 0 fully saturated rings. The molecule has 28 heavy (non-hydrogen) atoms. The zero-order valence-electron chi connectivity index (χ0n) is 14.5. The minimum Gasteiger partial charge on any atom is -0.449 e. The van der Waals surface area contributed by atoms with Gasteiger partial charge in [-0.15, -0.1) is 0 Å². The number of amides is 1. The van der Waals surface area contributed by atoms with Crippen LogP contribution in [0.3, 0.4) is 0 Å². The number of hydrogen-bond donors (Lipinski definition) is 1. The first kappa shape index (κ1) is 16.5. The van der Waals surface area contributed by atoms with Crippen LogP contribution in [0, 0.1) is 0 Å². The van der Waals surface area contributed by atoms with Gasteiger partial charge in [0.15, 0.2) is 0 Å². The lowest BCUT2D eigenvalue weighted by atomic mass is 10.2. The van der Waals surface area contributed by atoms with Crippen LogP contribution in [-0.2, 0) is 0 Å². The second kappa shape index (κ2) is 6.79. The molecule has 0 saturated carbocycles. The van der Waals surface area contributed by atoms with E-state index < -0.39 is 0 Å². The molecular formula is C21H13N3O3S. The number of fused-ring (bicyclic) bond motifs is 3. The van der Waals surface area contributed by atoms with Crippen molar-refractivity contribution in [2.45, 2.75) is 0 Å². The number of thiophene rings is 1. The van der Waals surface area contributed by atoms with Crippen LogP contribution in [0.1, 0.15) is 10.4 Å². The second-order valence-electron chi connectivity index (χ2n) is 6.05. The Morgan fingerprint density at radius 2 is 1.89 bits per heavy atom. The average Bonchev–Trinajstić information content (AvgIpc) is 3.38. The van der Waals surface area contributed by atoms with Crippen molar-refractivity contribution in [3.8, 4) is 11.6 Å². The maximum absolute atomic E-state index is 12.1. The third-order valence-corrected chi connectivity index (χ3v) is 4.92. The maximum atomic E-state index is 12.1. The lowest BCUT2D eigenvalue weighted by Crippen LogP contribution is -2.10. The Labute approximate surface area is 163 Å². The Bertz CT molecular complexity index is 1280. The van der Waals surface area contributed by atoms with Crippen LogP contribution in [0.2, 0.25) is 0 Å². The number of benzene rings is 2. The summed E-state index contributed by atoms with van der Waals surface area (Å²) >= 11 is 1.48. The molecule has 3 heterocycles. The monoisotopic (exact) mass is 387 g/mol. The van der Waals surface area contributed by atoms with Gasteiger partial charge in [-0.1, -0.05) is 12.1 Å². The van der Waals surface area contributed by atoms with Crippen molar-refractivity contribution in [2.75, 3.05) is 5.32 Å². The van der Waals surface area contributed by atoms with Crippen LogP contribution < -0.4 is 10.1 Å². The summed E-state index contributed by atoms with van der Waals surface area (Å²) in [6.07, 6.45) is 1.45. The number of furan rings is 1. The fourth-order valence-corrected chi connectivity index (χ4v) is 3.53. The number of para-hydroxylation sites is 1. The van der Waals surface area contributed by atoms with Crippen LogP contribution in [0.15, 0.2) is 76.1 Å². The van der Waals surface area contributed by atoms with E-state index in [1.807, 2.05) is 29.6 Å². The Balaban J connectivity index is 1.40. The van der Waals surface area contributed by atoms with E-state index in [2.05, 4.69) is 15.3 Å². The lowest BCUT2D eigenvalue weighted by molar-refractivity contribution is 0.102. The van der Waals surface area contributed by atoms with Crippen LogP contribution in [-0.4, -0.2) is 15.9 Å². The van der Waals surface area contributed by atoms with Crippen LogP contribution in [0.5, 0.6) is 11.6 Å². The van der Waals surface area contributed by atoms with Crippen molar-refractivity contribution in [2.24, 2.45) is 0 Å². The number of ether oxygens (including phenoxy) is 1. The number of carbonyl (C=O) groups excluding carboxylic acids is 1. The SMILES string of the molecule is O=C(Nc1ccc(Oc2ncnc3c2oc2ccccc23)cc1)c1ccsc1. The number of rotatable bonds is 4. The summed E-state index contributed by atoms with van der Waals surface area (Å²) in [6.45, 7) is 0. The fraction of sp³-hybridized carbons (Fsp3) is 0. The Kier molecular flexibility index (Phi) is 3.99. The summed E-state index contributed by atoms with van der Waals surface area (Å²) in [5, 5.41) is 7.44. The van der Waals surface area contributed by atoms with Gasteiger partial charge in [-0.3, -0.25) is 4.79 Å². The minimum atomic E-state index is -0.144. The number of nitrogens with zero attached hydrogens (tertiary/aromatic N) is 2. The topological polar surface area (TPSA) is 77.2 Å². The largest absolute Gasteiger partial charge is 0.449 e. The van der Waals surface area contributed by atoms with Gasteiger partial charge >= 0.3 is 0 Å². The third kappa shape index (κ3) is 2.97. The first-order valence-corrected chi connectivity index (χ1v) is 9.46. The van der Waals surface area contributed by atoms with Crippen molar-refractivity contribution in [1.82, 2.24) is 9.97 Å². The molecule has 0 bridgehead atoms. The van der Waals surface area contributed by atoms with Crippen LogP contribution in [0.25, 0.3) is 22.1 Å². The Morgan fingerprint density at radius 1 is 1.04 bits per heavy atom. The fourth-order valence-electron chi connectivity index (χ4n) is 2.89. The quantitative estimate of drug-likeness (QED) is 0.442. The minimum absolute atomic E-state index is 0.144. The van der Waals surface area contributed by atoms with Gasteiger partial charge in [0.2, 0.25) is 5.58 Å². The zero-order valence-corrected chi connectivity index (χ0v) is 15.3. The molecule has 0 radical (unpaired) electrons. The molecule has 5 rings (SSSR count). The first-order valence-electron chi connectivity index (χ1n) is 8.52. The Morgan fingerprint density at radius 3 is 2.71 bits per heavy atom. The molecular weight excluding hydrogens is 374 g/mol. The number of anilines is 1. The van der Waals surface area contributed by atoms with E-state index in [4.69, 9.17) is 9.15 Å². The molecule has 0 spiro atoms. The molecule has 0 atom stereocenters. The first-order chi connectivity index (χ1) is 13.8. The molecule has 6 nitrogen and oxygen atoms in total. The average molecular weight is 387 g/mol. The van der Waals surface area contributed by atoms with E-state index in [0.717, 1.165) is 11.0 Å². The summed E-state index contributed by atoms with van der Waals surface area (Å²) in [4.78, 5) is 20.6. The highest BCUT2D eigenvalue weighted by atomic mass is 32.1. The van der Waals surface area contributed by atoms with E-state index >= 15 is 0 Å². The van der Waals surface area contributed by atoms with Gasteiger partial charge in [0.25, 0.3) is 11.8 Å². The molecule has 0 aliphatic heterocycles. The van der Waals surface area contributed by atoms with E-state index in [1.54, 1.807) is 35.7 Å². The van der Waals surface area contributed by atoms with Crippen LogP contribution >= 0.6 is 11.3 Å². The smallest absolute Gasteiger partial charge is 0.267 e. The summed E-state index contributed by atoms with van der Waals surface area (Å²) < 4.78 is 11.8. The van der Waals surface area contributed by atoms with Crippen molar-refractivity contribution < 1.29 is 13.9 Å². The molecule has 0 unspecified atom stereocenters. The van der Waals surface area contributed by atoms with Gasteiger partial charge in [0.05, 0.1) is 5.56 Å². The number of nitrogens with one attached hydrogen (secondary N) is 1. The highest BCUT2D eigenvalue weighted by Crippen LogP contribution is 2.33. The predicted octanol–water partition coefficient (Wildman–Crippen LogP) is 5.48. The zero-order chi connectivity index (χ0) is 18.9. The van der Waals surface area contributed by atoms with Crippen molar-refractivity contribution in [1.29, 1.82) is 0 Å². The number of carbonyl (C=O) groups is 1. The summed E-state index contributed by atoms with van der Waals surface area (Å²) in [7, 11) is 0. The van der Waals surface area contributed by atoms with Crippen LogP contribution in [0.4, 0.5) is 5.69 Å². The van der Waals surface area contributed by atoms with Gasteiger partial charge in [0.1, 0.15) is 23.2 Å². The molecule has 5 aromatic rings. The third-order valence-electron chi connectivity index (χ3n) is 4.24. The molecule has 1 N–H and O–H groups in total. The van der Waals surface area contributed by atoms with Gasteiger partial charge in [0, 0.05) is 16.5 Å². The van der Waals surface area contributed by atoms with Gasteiger partial charge in [-0.05, 0) is 47.8 Å². The molecule has 1 amide bonds. The number of hydrogen-bond acceptors (Lipinski definition) is 6. The molecule has 7 heteroatoms. The highest BCUT2D eigenvalue weighted by molar-refractivity contribution is 7.08. The van der Waals surface area contributed by atoms with E-state index in [-0.39, 0.29) is 5.91 Å². The summed E-state index contributed by atoms with van der Waals surface area (Å²) in [5.41, 5.74) is 3.26. The molecule has 136 valence electrons. The predicted molar refractivity (Wildman–Crippen MR) is 108 cm³/mol. The van der Waals surface area contributed by atoms with Gasteiger partial charge in [-0.2, -0.15) is 16.3 Å². The highest BCUT2D eigenvalue weighted by Gasteiger charge is 2.14. The molecule has 0 saturated heterocycles. The molecule has 2 aromatic carbocycles. The van der Waals surface area contributed by atoms with Crippen molar-refractivity contribution in [3.05, 3.63) is 77.2 Å². The summed E-state index contributed by atoms with van der Waals surface area (Å²) in [5.74, 6) is 0.778. The second-order valence-corrected chi connectivity index (χ2v) is 6.83. The molecule has 0 aliphatic carbocycles. The lowest BCUT2D eigenvalue weighted by Gasteiger charge is -2.07. The van der Waals surface area contributed by atoms with Gasteiger partial charge in [-0.25, -0.2) is 4.98 Å². The Hall–Kier alpha value is -3.71. The van der Waals surface area contributed by atoms with E-state index in [9.17, 15) is 4.79 Å². The van der Waals surface area contributed by atoms with E-state index in [0.29, 0.717) is 34.0 Å². The van der Waals surface area contributed by atoms with E-state index in [1.165, 1.54) is 17.7 Å². The maximum Gasteiger partial charge on any atom is 0.267 e.